The molecule has 2 fully saturated rings. The largest absolute Gasteiger partial charge is 0.377 e. The van der Waals surface area contributed by atoms with Gasteiger partial charge in [0.1, 0.15) is 0 Å². The number of nitrogens with one attached hydrogen (secondary N) is 1. The van der Waals surface area contributed by atoms with Gasteiger partial charge in [-0.05, 0) is 33.1 Å². The first-order valence-corrected chi connectivity index (χ1v) is 6.70. The van der Waals surface area contributed by atoms with E-state index in [1.807, 2.05) is 6.92 Å². The number of hydrogen-bond donors (Lipinski definition) is 1. The predicted molar refractivity (Wildman–Crippen MR) is 66.2 cm³/mol. The Hall–Kier alpha value is -0.160. The Kier molecular flexibility index (Phi) is 4.42. The highest BCUT2D eigenvalue weighted by Gasteiger charge is 2.43. The van der Waals surface area contributed by atoms with E-state index in [1.54, 1.807) is 7.11 Å². The van der Waals surface area contributed by atoms with Crippen LogP contribution in [0.3, 0.4) is 0 Å². The molecule has 4 unspecified atom stereocenters. The van der Waals surface area contributed by atoms with E-state index in [9.17, 15) is 0 Å². The molecule has 1 aliphatic heterocycles. The Balaban J connectivity index is 1.73. The Bertz CT molecular complexity index is 241. The fraction of sp³-hybridized carbons (Fsp3) is 1.00. The zero-order chi connectivity index (χ0) is 12.3. The molecule has 1 heterocycles. The number of methoxy groups -OCH3 is 1. The Morgan fingerprint density at radius 1 is 1.47 bits per heavy atom. The molecule has 0 bridgehead atoms. The molecule has 2 aliphatic rings. The fourth-order valence-corrected chi connectivity index (χ4v) is 2.80. The summed E-state index contributed by atoms with van der Waals surface area (Å²) in [5.74, 6) is 0. The summed E-state index contributed by atoms with van der Waals surface area (Å²) in [5.41, 5.74) is 0.0228. The van der Waals surface area contributed by atoms with Crippen LogP contribution >= 0.6 is 0 Å². The zero-order valence-electron chi connectivity index (χ0n) is 11.2. The molecule has 0 amide bonds. The zero-order valence-corrected chi connectivity index (χ0v) is 11.2. The highest BCUT2D eigenvalue weighted by atomic mass is 16.5. The highest BCUT2D eigenvalue weighted by Crippen LogP contribution is 2.29. The number of hydrogen-bond acceptors (Lipinski definition) is 4. The van der Waals surface area contributed by atoms with Crippen molar-refractivity contribution in [3.63, 3.8) is 0 Å². The van der Waals surface area contributed by atoms with E-state index in [0.29, 0.717) is 6.04 Å². The van der Waals surface area contributed by atoms with Crippen LogP contribution in [0, 0.1) is 0 Å². The Labute approximate surface area is 104 Å². The molecule has 2 rings (SSSR count). The standard InChI is InChI=1S/C13H25NO3/c1-4-16-11-8-10(12(11)15-3)14-9-13(2)6-5-7-17-13/h10-12,14H,4-9H2,1-3H3. The summed E-state index contributed by atoms with van der Waals surface area (Å²) in [4.78, 5) is 0. The lowest BCUT2D eigenvalue weighted by molar-refractivity contribution is -0.134. The molecule has 4 nitrogen and oxygen atoms in total. The molecule has 1 saturated heterocycles. The van der Waals surface area contributed by atoms with E-state index in [4.69, 9.17) is 14.2 Å². The van der Waals surface area contributed by atoms with Gasteiger partial charge in [-0.25, -0.2) is 0 Å². The maximum atomic E-state index is 5.77. The van der Waals surface area contributed by atoms with Gasteiger partial charge in [0.25, 0.3) is 0 Å². The van der Waals surface area contributed by atoms with Crippen molar-refractivity contribution in [2.45, 2.75) is 57.0 Å². The van der Waals surface area contributed by atoms with Gasteiger partial charge in [-0.1, -0.05) is 0 Å². The minimum atomic E-state index is 0.0228. The Morgan fingerprint density at radius 3 is 2.88 bits per heavy atom. The Morgan fingerprint density at radius 2 is 2.29 bits per heavy atom. The molecule has 4 heteroatoms. The number of rotatable bonds is 6. The normalized spacial score (nSPS) is 41.5. The summed E-state index contributed by atoms with van der Waals surface area (Å²) < 4.78 is 16.9. The summed E-state index contributed by atoms with van der Waals surface area (Å²) >= 11 is 0. The van der Waals surface area contributed by atoms with Crippen molar-refractivity contribution in [1.29, 1.82) is 0 Å². The summed E-state index contributed by atoms with van der Waals surface area (Å²) in [7, 11) is 1.76. The van der Waals surface area contributed by atoms with Crippen molar-refractivity contribution in [1.82, 2.24) is 5.32 Å². The monoisotopic (exact) mass is 243 g/mol. The highest BCUT2D eigenvalue weighted by molar-refractivity contribution is 4.98. The third-order valence-electron chi connectivity index (χ3n) is 3.94. The predicted octanol–water partition coefficient (Wildman–Crippen LogP) is 1.34. The first kappa shape index (κ1) is 13.3. The van der Waals surface area contributed by atoms with Crippen LogP contribution in [-0.2, 0) is 14.2 Å². The van der Waals surface area contributed by atoms with Crippen molar-refractivity contribution in [3.8, 4) is 0 Å². The van der Waals surface area contributed by atoms with Crippen LogP contribution in [0.5, 0.6) is 0 Å². The molecule has 1 saturated carbocycles. The molecule has 0 radical (unpaired) electrons. The summed E-state index contributed by atoms with van der Waals surface area (Å²) in [5, 5.41) is 3.56. The van der Waals surface area contributed by atoms with Gasteiger partial charge in [0.15, 0.2) is 0 Å². The summed E-state index contributed by atoms with van der Waals surface area (Å²) in [6.07, 6.45) is 3.83. The van der Waals surface area contributed by atoms with Crippen LogP contribution in [0.25, 0.3) is 0 Å². The molecule has 4 atom stereocenters. The van der Waals surface area contributed by atoms with Crippen molar-refractivity contribution < 1.29 is 14.2 Å². The van der Waals surface area contributed by atoms with Gasteiger partial charge in [0.05, 0.1) is 17.8 Å². The van der Waals surface area contributed by atoms with Crippen LogP contribution in [0.1, 0.15) is 33.1 Å². The van der Waals surface area contributed by atoms with E-state index < -0.39 is 0 Å². The van der Waals surface area contributed by atoms with E-state index >= 15 is 0 Å². The molecule has 17 heavy (non-hydrogen) atoms. The van der Waals surface area contributed by atoms with Crippen molar-refractivity contribution >= 4 is 0 Å². The van der Waals surface area contributed by atoms with Crippen LogP contribution in [0.2, 0.25) is 0 Å². The van der Waals surface area contributed by atoms with Gasteiger partial charge in [0, 0.05) is 32.9 Å². The maximum absolute atomic E-state index is 5.77. The third-order valence-corrected chi connectivity index (χ3v) is 3.94. The minimum absolute atomic E-state index is 0.0228. The molecule has 1 N–H and O–H groups in total. The van der Waals surface area contributed by atoms with Gasteiger partial charge in [0.2, 0.25) is 0 Å². The topological polar surface area (TPSA) is 39.7 Å². The van der Waals surface area contributed by atoms with Crippen molar-refractivity contribution in [2.75, 3.05) is 26.9 Å². The summed E-state index contributed by atoms with van der Waals surface area (Å²) in [6.45, 7) is 6.79. The second-order valence-electron chi connectivity index (χ2n) is 5.32. The quantitative estimate of drug-likeness (QED) is 0.764. The van der Waals surface area contributed by atoms with Crippen LogP contribution in [0.15, 0.2) is 0 Å². The SMILES string of the molecule is CCOC1CC(NCC2(C)CCCO2)C1OC. The first-order valence-electron chi connectivity index (χ1n) is 6.70. The smallest absolute Gasteiger partial charge is 0.0986 e. The molecular weight excluding hydrogens is 218 g/mol. The minimum Gasteiger partial charge on any atom is -0.377 e. The lowest BCUT2D eigenvalue weighted by Gasteiger charge is -2.44. The van der Waals surface area contributed by atoms with Crippen molar-refractivity contribution in [2.24, 2.45) is 0 Å². The van der Waals surface area contributed by atoms with Crippen LogP contribution in [0.4, 0.5) is 0 Å². The van der Waals surface area contributed by atoms with Gasteiger partial charge in [-0.15, -0.1) is 0 Å². The van der Waals surface area contributed by atoms with Gasteiger partial charge >= 0.3 is 0 Å². The van der Waals surface area contributed by atoms with Gasteiger partial charge in [-0.2, -0.15) is 0 Å². The fourth-order valence-electron chi connectivity index (χ4n) is 2.80. The maximum Gasteiger partial charge on any atom is 0.0986 e. The molecular formula is C13H25NO3. The first-order chi connectivity index (χ1) is 8.18. The van der Waals surface area contributed by atoms with Gasteiger partial charge in [-0.3, -0.25) is 0 Å². The van der Waals surface area contributed by atoms with E-state index in [0.717, 1.165) is 32.6 Å². The lowest BCUT2D eigenvalue weighted by Crippen LogP contribution is -2.61. The molecule has 0 aromatic rings. The molecule has 0 spiro atoms. The second kappa shape index (κ2) is 5.65. The second-order valence-corrected chi connectivity index (χ2v) is 5.32. The van der Waals surface area contributed by atoms with E-state index in [-0.39, 0.29) is 17.8 Å². The number of ether oxygens (including phenoxy) is 3. The van der Waals surface area contributed by atoms with Crippen LogP contribution < -0.4 is 5.32 Å². The third kappa shape index (κ3) is 2.99. The lowest BCUT2D eigenvalue weighted by atomic mass is 9.84. The molecule has 0 aromatic heterocycles. The van der Waals surface area contributed by atoms with E-state index in [2.05, 4.69) is 12.2 Å². The molecule has 1 aliphatic carbocycles. The van der Waals surface area contributed by atoms with Crippen molar-refractivity contribution in [3.05, 3.63) is 0 Å². The average molecular weight is 243 g/mol. The van der Waals surface area contributed by atoms with E-state index in [1.165, 1.54) is 6.42 Å². The molecule has 100 valence electrons. The average Bonchev–Trinajstić information content (AvgIpc) is 2.70. The summed E-state index contributed by atoms with van der Waals surface area (Å²) in [6, 6.07) is 0.414. The van der Waals surface area contributed by atoms with Crippen LogP contribution in [-0.4, -0.2) is 50.7 Å². The molecule has 0 aromatic carbocycles. The van der Waals surface area contributed by atoms with Gasteiger partial charge < -0.3 is 19.5 Å².